The molecule has 1 aromatic heterocycles. The molecule has 20 heavy (non-hydrogen) atoms. The van der Waals surface area contributed by atoms with E-state index in [0.29, 0.717) is 28.0 Å². The highest BCUT2D eigenvalue weighted by molar-refractivity contribution is 6.33. The monoisotopic (exact) mass is 285 g/mol. The molecule has 3 rings (SSSR count). The Balaban J connectivity index is 2.10. The van der Waals surface area contributed by atoms with Crippen molar-refractivity contribution in [3.63, 3.8) is 0 Å². The van der Waals surface area contributed by atoms with Gasteiger partial charge in [0.2, 0.25) is 5.82 Å². The van der Waals surface area contributed by atoms with E-state index in [-0.39, 0.29) is 0 Å². The van der Waals surface area contributed by atoms with E-state index in [1.165, 1.54) is 0 Å². The van der Waals surface area contributed by atoms with Crippen LogP contribution in [0.5, 0.6) is 0 Å². The lowest BCUT2D eigenvalue weighted by atomic mass is 10.1. The lowest BCUT2D eigenvalue weighted by Gasteiger charge is -2.02. The summed E-state index contributed by atoms with van der Waals surface area (Å²) in [6.45, 7) is 2.00. The van der Waals surface area contributed by atoms with Crippen molar-refractivity contribution >= 4 is 17.3 Å². The predicted molar refractivity (Wildman–Crippen MR) is 79.3 cm³/mol. The Morgan fingerprint density at radius 2 is 1.90 bits per heavy atom. The van der Waals surface area contributed by atoms with Crippen LogP contribution in [0, 0.1) is 6.92 Å². The Kier molecular flexibility index (Phi) is 3.16. The second-order valence-electron chi connectivity index (χ2n) is 4.44. The molecule has 0 aliphatic heterocycles. The molecule has 0 radical (unpaired) electrons. The molecule has 2 aromatic carbocycles. The molecule has 0 amide bonds. The van der Waals surface area contributed by atoms with E-state index >= 15 is 0 Å². The van der Waals surface area contributed by atoms with Crippen molar-refractivity contribution in [3.8, 4) is 22.8 Å². The molecule has 0 fully saturated rings. The van der Waals surface area contributed by atoms with E-state index in [1.807, 2.05) is 31.2 Å². The Morgan fingerprint density at radius 3 is 2.65 bits per heavy atom. The summed E-state index contributed by atoms with van der Waals surface area (Å²) in [7, 11) is 0. The van der Waals surface area contributed by atoms with Gasteiger partial charge in [-0.15, -0.1) is 0 Å². The molecule has 0 atom stereocenters. The second-order valence-corrected chi connectivity index (χ2v) is 4.85. The average molecular weight is 286 g/mol. The molecule has 0 saturated heterocycles. The third-order valence-corrected chi connectivity index (χ3v) is 3.39. The second kappa shape index (κ2) is 4.98. The highest BCUT2D eigenvalue weighted by atomic mass is 35.5. The van der Waals surface area contributed by atoms with Crippen LogP contribution >= 0.6 is 11.6 Å². The molecule has 0 unspecified atom stereocenters. The summed E-state index contributed by atoms with van der Waals surface area (Å²) >= 11 is 6.14. The molecular weight excluding hydrogens is 274 g/mol. The predicted octanol–water partition coefficient (Wildman–Crippen LogP) is 3.95. The van der Waals surface area contributed by atoms with Crippen molar-refractivity contribution in [2.45, 2.75) is 6.92 Å². The van der Waals surface area contributed by atoms with Gasteiger partial charge in [-0.1, -0.05) is 47.1 Å². The van der Waals surface area contributed by atoms with Crippen LogP contribution < -0.4 is 5.73 Å². The lowest BCUT2D eigenvalue weighted by Crippen LogP contribution is -1.91. The number of anilines is 1. The molecule has 0 bridgehead atoms. The van der Waals surface area contributed by atoms with Gasteiger partial charge in [-0.25, -0.2) is 0 Å². The van der Waals surface area contributed by atoms with E-state index in [0.717, 1.165) is 11.1 Å². The molecule has 1 heterocycles. The van der Waals surface area contributed by atoms with Gasteiger partial charge in [0.25, 0.3) is 5.89 Å². The summed E-state index contributed by atoms with van der Waals surface area (Å²) in [5.41, 5.74) is 9.00. The van der Waals surface area contributed by atoms with Crippen molar-refractivity contribution in [1.82, 2.24) is 10.1 Å². The van der Waals surface area contributed by atoms with Crippen LogP contribution in [0.2, 0.25) is 5.02 Å². The topological polar surface area (TPSA) is 64.9 Å². The van der Waals surface area contributed by atoms with Gasteiger partial charge in [0.1, 0.15) is 0 Å². The minimum absolute atomic E-state index is 0.325. The number of halogens is 1. The Hall–Kier alpha value is -2.33. The van der Waals surface area contributed by atoms with Gasteiger partial charge in [0, 0.05) is 11.3 Å². The van der Waals surface area contributed by atoms with Gasteiger partial charge in [0.15, 0.2) is 0 Å². The molecule has 0 aliphatic carbocycles. The van der Waals surface area contributed by atoms with Crippen LogP contribution in [-0.4, -0.2) is 10.1 Å². The first-order chi connectivity index (χ1) is 9.66. The lowest BCUT2D eigenvalue weighted by molar-refractivity contribution is 0.432. The number of nitrogens with zero attached hydrogens (tertiary/aromatic N) is 2. The van der Waals surface area contributed by atoms with Crippen LogP contribution in [0.3, 0.4) is 0 Å². The van der Waals surface area contributed by atoms with Crippen molar-refractivity contribution < 1.29 is 4.52 Å². The van der Waals surface area contributed by atoms with E-state index in [1.54, 1.807) is 18.2 Å². The smallest absolute Gasteiger partial charge is 0.261 e. The minimum Gasteiger partial charge on any atom is -0.398 e. The van der Waals surface area contributed by atoms with E-state index in [9.17, 15) is 0 Å². The van der Waals surface area contributed by atoms with Crippen LogP contribution in [-0.2, 0) is 0 Å². The standard InChI is InChI=1S/C15H12ClN3O/c1-9-5-2-3-6-10(9)14-18-15(20-19-14)13-11(16)7-4-8-12(13)17/h2-8H,17H2,1H3. The molecule has 5 heteroatoms. The maximum atomic E-state index is 6.14. The average Bonchev–Trinajstić information content (AvgIpc) is 2.88. The fraction of sp³-hybridized carbons (Fsp3) is 0.0667. The molecule has 0 spiro atoms. The van der Waals surface area contributed by atoms with Crippen LogP contribution in [0.4, 0.5) is 5.69 Å². The van der Waals surface area contributed by atoms with Gasteiger partial charge in [-0.3, -0.25) is 0 Å². The third kappa shape index (κ3) is 2.14. The zero-order valence-electron chi connectivity index (χ0n) is 10.8. The zero-order valence-corrected chi connectivity index (χ0v) is 11.6. The van der Waals surface area contributed by atoms with Gasteiger partial charge in [-0.05, 0) is 24.6 Å². The van der Waals surface area contributed by atoms with Crippen LogP contribution in [0.1, 0.15) is 5.56 Å². The fourth-order valence-electron chi connectivity index (χ4n) is 2.02. The summed E-state index contributed by atoms with van der Waals surface area (Å²) in [6, 6.07) is 13.1. The molecule has 3 aromatic rings. The van der Waals surface area contributed by atoms with Crippen LogP contribution in [0.15, 0.2) is 47.0 Å². The first-order valence-electron chi connectivity index (χ1n) is 6.11. The van der Waals surface area contributed by atoms with E-state index in [4.69, 9.17) is 21.9 Å². The van der Waals surface area contributed by atoms with Gasteiger partial charge >= 0.3 is 0 Å². The molecule has 0 saturated carbocycles. The number of nitrogen functional groups attached to an aromatic ring is 1. The van der Waals surface area contributed by atoms with Crippen molar-refractivity contribution in [1.29, 1.82) is 0 Å². The fourth-order valence-corrected chi connectivity index (χ4v) is 2.29. The number of aromatic nitrogens is 2. The summed E-state index contributed by atoms with van der Waals surface area (Å²) in [6.07, 6.45) is 0. The summed E-state index contributed by atoms with van der Waals surface area (Å²) < 4.78 is 5.30. The first kappa shape index (κ1) is 12.7. The van der Waals surface area contributed by atoms with Gasteiger partial charge in [-0.2, -0.15) is 4.98 Å². The maximum Gasteiger partial charge on any atom is 0.261 e. The molecule has 100 valence electrons. The van der Waals surface area contributed by atoms with Crippen molar-refractivity contribution in [2.24, 2.45) is 0 Å². The molecule has 4 nitrogen and oxygen atoms in total. The summed E-state index contributed by atoms with van der Waals surface area (Å²) in [5.74, 6) is 0.851. The Morgan fingerprint density at radius 1 is 1.10 bits per heavy atom. The normalized spacial score (nSPS) is 10.7. The Labute approximate surface area is 121 Å². The third-order valence-electron chi connectivity index (χ3n) is 3.07. The minimum atomic E-state index is 0.325. The van der Waals surface area contributed by atoms with Gasteiger partial charge < -0.3 is 10.3 Å². The number of aryl methyl sites for hydroxylation is 1. The summed E-state index contributed by atoms with van der Waals surface area (Å²) in [5, 5.41) is 4.50. The molecule has 0 aliphatic rings. The number of rotatable bonds is 2. The van der Waals surface area contributed by atoms with Crippen LogP contribution in [0.25, 0.3) is 22.8 Å². The van der Waals surface area contributed by atoms with E-state index < -0.39 is 0 Å². The molecular formula is C15H12ClN3O. The number of benzene rings is 2. The number of hydrogen-bond donors (Lipinski definition) is 1. The number of nitrogens with two attached hydrogens (primary N) is 1. The summed E-state index contributed by atoms with van der Waals surface area (Å²) in [4.78, 5) is 4.39. The molecule has 2 N–H and O–H groups in total. The van der Waals surface area contributed by atoms with E-state index in [2.05, 4.69) is 10.1 Å². The highest BCUT2D eigenvalue weighted by Gasteiger charge is 2.16. The Bertz CT molecular complexity index is 747. The van der Waals surface area contributed by atoms with Gasteiger partial charge in [0.05, 0.1) is 10.6 Å². The number of hydrogen-bond acceptors (Lipinski definition) is 4. The largest absolute Gasteiger partial charge is 0.398 e. The first-order valence-corrected chi connectivity index (χ1v) is 6.48. The highest BCUT2D eigenvalue weighted by Crippen LogP contribution is 2.33. The SMILES string of the molecule is Cc1ccccc1-c1noc(-c2c(N)cccc2Cl)n1. The maximum absolute atomic E-state index is 6.14. The zero-order chi connectivity index (χ0) is 14.1. The van der Waals surface area contributed by atoms with Crippen molar-refractivity contribution in [3.05, 3.63) is 53.1 Å². The quantitative estimate of drug-likeness (QED) is 0.724. The van der Waals surface area contributed by atoms with Crippen molar-refractivity contribution in [2.75, 3.05) is 5.73 Å².